The fourth-order valence-electron chi connectivity index (χ4n) is 2.41. The first-order chi connectivity index (χ1) is 9.35. The molecular weight excluding hydrogens is 278 g/mol. The van der Waals surface area contributed by atoms with E-state index >= 15 is 0 Å². The summed E-state index contributed by atoms with van der Waals surface area (Å²) in [5.74, 6) is 0. The molecule has 7 heteroatoms. The average Bonchev–Trinajstić information content (AvgIpc) is 2.34. The van der Waals surface area contributed by atoms with Crippen LogP contribution < -0.4 is 4.72 Å². The molecule has 1 fully saturated rings. The highest BCUT2D eigenvalue weighted by atomic mass is 32.2. The van der Waals surface area contributed by atoms with Crippen molar-refractivity contribution in [3.63, 3.8) is 0 Å². The Bertz CT molecular complexity index is 365. The van der Waals surface area contributed by atoms with E-state index in [-0.39, 0.29) is 12.2 Å². The topological polar surface area (TPSA) is 61.9 Å². The number of hydrogen-bond donors (Lipinski definition) is 1. The lowest BCUT2D eigenvalue weighted by Gasteiger charge is -2.35. The van der Waals surface area contributed by atoms with Crippen LogP contribution in [0.2, 0.25) is 0 Å². The Morgan fingerprint density at radius 2 is 1.90 bits per heavy atom. The van der Waals surface area contributed by atoms with Crippen molar-refractivity contribution in [3.05, 3.63) is 0 Å². The molecule has 20 heavy (non-hydrogen) atoms. The molecule has 0 bridgehead atoms. The van der Waals surface area contributed by atoms with Gasteiger partial charge in [-0.25, -0.2) is 4.72 Å². The van der Waals surface area contributed by atoms with E-state index in [4.69, 9.17) is 4.74 Å². The summed E-state index contributed by atoms with van der Waals surface area (Å²) in [6, 6.07) is 0. The molecule has 0 aliphatic carbocycles. The Kier molecular flexibility index (Phi) is 7.39. The molecule has 0 spiro atoms. The van der Waals surface area contributed by atoms with Gasteiger partial charge in [0.15, 0.2) is 0 Å². The van der Waals surface area contributed by atoms with Crippen LogP contribution in [-0.2, 0) is 14.9 Å². The molecule has 1 saturated heterocycles. The lowest BCUT2D eigenvalue weighted by molar-refractivity contribution is -0.0671. The third-order valence-corrected chi connectivity index (χ3v) is 5.02. The van der Waals surface area contributed by atoms with E-state index < -0.39 is 10.2 Å². The summed E-state index contributed by atoms with van der Waals surface area (Å²) in [7, 11) is -1.71. The minimum Gasteiger partial charge on any atom is -0.373 e. The number of ether oxygens (including phenoxy) is 1. The van der Waals surface area contributed by atoms with Gasteiger partial charge in [-0.3, -0.25) is 4.90 Å². The first kappa shape index (κ1) is 17.8. The number of nitrogens with zero attached hydrogens (tertiary/aromatic N) is 2. The molecule has 0 aromatic carbocycles. The second-order valence-corrected chi connectivity index (χ2v) is 7.45. The number of nitrogens with one attached hydrogen (secondary N) is 1. The molecule has 0 aromatic heterocycles. The predicted octanol–water partition coefficient (Wildman–Crippen LogP) is 0.662. The third-order valence-electron chi connectivity index (χ3n) is 3.44. The van der Waals surface area contributed by atoms with Crippen molar-refractivity contribution < 1.29 is 13.2 Å². The molecular formula is C13H29N3O3S. The monoisotopic (exact) mass is 307 g/mol. The van der Waals surface area contributed by atoms with Crippen LogP contribution >= 0.6 is 0 Å². The van der Waals surface area contributed by atoms with Gasteiger partial charge >= 0.3 is 0 Å². The van der Waals surface area contributed by atoms with E-state index in [1.54, 1.807) is 7.05 Å². The molecule has 1 N–H and O–H groups in total. The van der Waals surface area contributed by atoms with Gasteiger partial charge in [0.05, 0.1) is 12.2 Å². The highest BCUT2D eigenvalue weighted by molar-refractivity contribution is 7.87. The Morgan fingerprint density at radius 3 is 2.45 bits per heavy atom. The van der Waals surface area contributed by atoms with E-state index in [9.17, 15) is 8.42 Å². The highest BCUT2D eigenvalue weighted by Gasteiger charge is 2.22. The van der Waals surface area contributed by atoms with E-state index in [2.05, 4.69) is 16.5 Å². The van der Waals surface area contributed by atoms with Crippen molar-refractivity contribution in [1.82, 2.24) is 13.9 Å². The van der Waals surface area contributed by atoms with E-state index in [1.165, 1.54) is 4.31 Å². The fraction of sp³-hybridized carbons (Fsp3) is 1.00. The van der Waals surface area contributed by atoms with Gasteiger partial charge in [-0.05, 0) is 20.3 Å². The van der Waals surface area contributed by atoms with E-state index in [0.717, 1.165) is 32.5 Å². The largest absolute Gasteiger partial charge is 0.373 e. The Labute approximate surface area is 123 Å². The van der Waals surface area contributed by atoms with Crippen molar-refractivity contribution in [2.24, 2.45) is 0 Å². The number of hydrogen-bond acceptors (Lipinski definition) is 4. The zero-order chi connectivity index (χ0) is 15.2. The van der Waals surface area contributed by atoms with Crippen LogP contribution in [0.25, 0.3) is 0 Å². The molecule has 2 unspecified atom stereocenters. The van der Waals surface area contributed by atoms with Crippen LogP contribution in [-0.4, -0.2) is 69.6 Å². The fourth-order valence-corrected chi connectivity index (χ4v) is 3.35. The van der Waals surface area contributed by atoms with Crippen LogP contribution in [0.5, 0.6) is 0 Å². The maximum Gasteiger partial charge on any atom is 0.279 e. The van der Waals surface area contributed by atoms with Crippen molar-refractivity contribution >= 4 is 10.2 Å². The van der Waals surface area contributed by atoms with Gasteiger partial charge in [0, 0.05) is 39.8 Å². The minimum atomic E-state index is -3.33. The molecule has 2 atom stereocenters. The van der Waals surface area contributed by atoms with Crippen molar-refractivity contribution in [1.29, 1.82) is 0 Å². The minimum absolute atomic E-state index is 0.211. The molecule has 6 nitrogen and oxygen atoms in total. The molecule has 120 valence electrons. The van der Waals surface area contributed by atoms with Crippen molar-refractivity contribution in [2.45, 2.75) is 45.8 Å². The Balaban J connectivity index is 2.32. The molecule has 1 heterocycles. The number of unbranched alkanes of at least 4 members (excludes halogenated alkanes) is 1. The lowest BCUT2D eigenvalue weighted by atomic mass is 10.2. The van der Waals surface area contributed by atoms with Gasteiger partial charge < -0.3 is 4.74 Å². The van der Waals surface area contributed by atoms with Gasteiger partial charge in [-0.1, -0.05) is 13.3 Å². The first-order valence-corrected chi connectivity index (χ1v) is 8.88. The molecule has 1 aliphatic rings. The molecule has 0 amide bonds. The maximum absolute atomic E-state index is 12.0. The van der Waals surface area contributed by atoms with Crippen LogP contribution in [0.1, 0.15) is 33.6 Å². The number of morpholine rings is 1. The molecule has 0 aromatic rings. The number of rotatable bonds is 8. The van der Waals surface area contributed by atoms with Gasteiger partial charge in [-0.15, -0.1) is 0 Å². The summed E-state index contributed by atoms with van der Waals surface area (Å²) >= 11 is 0. The summed E-state index contributed by atoms with van der Waals surface area (Å²) in [6.07, 6.45) is 2.30. The third kappa shape index (κ3) is 6.05. The van der Waals surface area contributed by atoms with E-state index in [1.807, 2.05) is 13.8 Å². The van der Waals surface area contributed by atoms with Crippen LogP contribution in [0.4, 0.5) is 0 Å². The van der Waals surface area contributed by atoms with Crippen molar-refractivity contribution in [3.8, 4) is 0 Å². The summed E-state index contributed by atoms with van der Waals surface area (Å²) in [5.41, 5.74) is 0. The molecule has 1 aliphatic heterocycles. The van der Waals surface area contributed by atoms with Gasteiger partial charge in [0.1, 0.15) is 0 Å². The summed E-state index contributed by atoms with van der Waals surface area (Å²) in [4.78, 5) is 2.24. The summed E-state index contributed by atoms with van der Waals surface area (Å²) < 4.78 is 33.7. The first-order valence-electron chi connectivity index (χ1n) is 7.44. The van der Waals surface area contributed by atoms with Crippen molar-refractivity contribution in [2.75, 3.05) is 39.8 Å². The Hall–Kier alpha value is -0.210. The zero-order valence-corrected chi connectivity index (χ0v) is 13.9. The Morgan fingerprint density at radius 1 is 1.30 bits per heavy atom. The van der Waals surface area contributed by atoms with Gasteiger partial charge in [0.25, 0.3) is 10.2 Å². The molecule has 1 rings (SSSR count). The highest BCUT2D eigenvalue weighted by Crippen LogP contribution is 2.09. The second-order valence-electron chi connectivity index (χ2n) is 5.59. The van der Waals surface area contributed by atoms with Crippen LogP contribution in [0, 0.1) is 0 Å². The molecule has 0 radical (unpaired) electrons. The standard InChI is InChI=1S/C13H29N3O3S/c1-5-6-8-15(4)20(17,18)14-7-9-16-10-12(2)19-13(3)11-16/h12-14H,5-11H2,1-4H3. The van der Waals surface area contributed by atoms with Crippen LogP contribution in [0.3, 0.4) is 0 Å². The predicted molar refractivity (Wildman–Crippen MR) is 80.9 cm³/mol. The van der Waals surface area contributed by atoms with Gasteiger partial charge in [-0.2, -0.15) is 12.7 Å². The molecule has 0 saturated carbocycles. The second kappa shape index (κ2) is 8.29. The smallest absolute Gasteiger partial charge is 0.279 e. The zero-order valence-electron chi connectivity index (χ0n) is 13.1. The lowest BCUT2D eigenvalue weighted by Crippen LogP contribution is -2.49. The average molecular weight is 307 g/mol. The summed E-state index contributed by atoms with van der Waals surface area (Å²) in [6.45, 7) is 9.59. The maximum atomic E-state index is 12.0. The summed E-state index contributed by atoms with van der Waals surface area (Å²) in [5, 5.41) is 0. The van der Waals surface area contributed by atoms with E-state index in [0.29, 0.717) is 13.1 Å². The van der Waals surface area contributed by atoms with Crippen LogP contribution in [0.15, 0.2) is 0 Å². The van der Waals surface area contributed by atoms with Gasteiger partial charge in [0.2, 0.25) is 0 Å². The normalized spacial score (nSPS) is 25.2. The quantitative estimate of drug-likeness (QED) is 0.716. The SMILES string of the molecule is CCCCN(C)S(=O)(=O)NCCN1CC(C)OC(C)C1.